The molecule has 1 amide bonds. The van der Waals surface area contributed by atoms with Crippen LogP contribution < -0.4 is 10.8 Å². The molecule has 2 aromatic carbocycles. The number of ether oxygens (including phenoxy) is 1. The molecule has 2 rings (SSSR count). The van der Waals surface area contributed by atoms with Crippen molar-refractivity contribution in [2.24, 2.45) is 5.90 Å². The summed E-state index contributed by atoms with van der Waals surface area (Å²) in [5, 5.41) is 0. The number of nitrogens with two attached hydrogens (primary N) is 1. The number of hydrogen-bond acceptors (Lipinski definition) is 4. The average Bonchev–Trinajstić information content (AvgIpc) is 2.64. The predicted molar refractivity (Wildman–Crippen MR) is 96.1 cm³/mol. The van der Waals surface area contributed by atoms with E-state index in [-0.39, 0.29) is 0 Å². The van der Waals surface area contributed by atoms with Crippen LogP contribution in [0.4, 0.5) is 10.5 Å². The van der Waals surface area contributed by atoms with Crippen LogP contribution in [0.5, 0.6) is 0 Å². The Hall–Kier alpha value is -2.79. The lowest BCUT2D eigenvalue weighted by Gasteiger charge is -2.23. The molecule has 0 aromatic heterocycles. The fourth-order valence-corrected chi connectivity index (χ4v) is 2.58. The molecule has 0 spiro atoms. The number of carbonyl (C=O) groups is 1. The van der Waals surface area contributed by atoms with E-state index in [0.717, 1.165) is 16.7 Å². The summed E-state index contributed by atoms with van der Waals surface area (Å²) >= 11 is 0. The molecule has 0 aliphatic carbocycles. The van der Waals surface area contributed by atoms with Crippen molar-refractivity contribution in [3.63, 3.8) is 0 Å². The van der Waals surface area contributed by atoms with Crippen LogP contribution in [0.3, 0.4) is 0 Å². The van der Waals surface area contributed by atoms with Gasteiger partial charge in [-0.2, -0.15) is 5.90 Å². The molecule has 0 aliphatic rings. The van der Waals surface area contributed by atoms with E-state index < -0.39 is 6.09 Å². The molecule has 2 aromatic rings. The van der Waals surface area contributed by atoms with E-state index in [2.05, 4.69) is 0 Å². The van der Waals surface area contributed by atoms with Crippen molar-refractivity contribution in [2.45, 2.75) is 13.8 Å². The number of rotatable bonds is 5. The highest BCUT2D eigenvalue weighted by molar-refractivity contribution is 5.96. The zero-order chi connectivity index (χ0) is 17.5. The van der Waals surface area contributed by atoms with Crippen LogP contribution in [0.1, 0.15) is 25.0 Å². The summed E-state index contributed by atoms with van der Waals surface area (Å²) in [5.74, 6) is 6.08. The highest BCUT2D eigenvalue weighted by atomic mass is 16.6. The standard InChI is InChI=1S/C19H22N2O3/c1-4-21(19(22)23-3)17-13-9-8-12-16(17)18(24-20)14(2)15-10-6-5-7-11-15/h5-13H,4,20H2,1-3H3/b18-14+. The number of nitrogens with zero attached hydrogens (tertiary/aromatic N) is 1. The van der Waals surface area contributed by atoms with Gasteiger partial charge in [0.15, 0.2) is 5.76 Å². The highest BCUT2D eigenvalue weighted by Gasteiger charge is 2.21. The van der Waals surface area contributed by atoms with E-state index in [1.54, 1.807) is 0 Å². The number of methoxy groups -OCH3 is 1. The third-order valence-electron chi connectivity index (χ3n) is 3.82. The summed E-state index contributed by atoms with van der Waals surface area (Å²) in [5.41, 5.74) is 3.29. The van der Waals surface area contributed by atoms with Crippen LogP contribution >= 0.6 is 0 Å². The van der Waals surface area contributed by atoms with E-state index in [0.29, 0.717) is 18.0 Å². The fourth-order valence-electron chi connectivity index (χ4n) is 2.58. The number of allylic oxidation sites excluding steroid dienone is 1. The zero-order valence-corrected chi connectivity index (χ0v) is 14.2. The lowest BCUT2D eigenvalue weighted by atomic mass is 10.0. The molecule has 126 valence electrons. The van der Waals surface area contributed by atoms with E-state index in [9.17, 15) is 4.79 Å². The maximum atomic E-state index is 12.1. The molecule has 0 fully saturated rings. The summed E-state index contributed by atoms with van der Waals surface area (Å²) in [6.07, 6.45) is -0.432. The summed E-state index contributed by atoms with van der Waals surface area (Å²) < 4.78 is 4.87. The predicted octanol–water partition coefficient (Wildman–Crippen LogP) is 4.06. The second-order valence-electron chi connectivity index (χ2n) is 5.17. The number of carbonyl (C=O) groups excluding carboxylic acids is 1. The first-order valence-corrected chi connectivity index (χ1v) is 7.71. The van der Waals surface area contributed by atoms with E-state index in [1.165, 1.54) is 12.0 Å². The Morgan fingerprint density at radius 1 is 1.08 bits per heavy atom. The van der Waals surface area contributed by atoms with Crippen LogP contribution in [-0.4, -0.2) is 19.7 Å². The van der Waals surface area contributed by atoms with Crippen molar-refractivity contribution in [1.29, 1.82) is 0 Å². The van der Waals surface area contributed by atoms with Gasteiger partial charge >= 0.3 is 6.09 Å². The summed E-state index contributed by atoms with van der Waals surface area (Å²) in [4.78, 5) is 18.8. The molecular formula is C19H22N2O3. The second kappa shape index (κ2) is 8.17. The smallest absolute Gasteiger partial charge is 0.414 e. The van der Waals surface area contributed by atoms with Gasteiger partial charge in [0.1, 0.15) is 0 Å². The molecule has 0 heterocycles. The number of hydrogen-bond donors (Lipinski definition) is 1. The topological polar surface area (TPSA) is 64.8 Å². The molecule has 0 saturated carbocycles. The van der Waals surface area contributed by atoms with Crippen molar-refractivity contribution in [3.8, 4) is 0 Å². The number of benzene rings is 2. The van der Waals surface area contributed by atoms with Gasteiger partial charge in [0.25, 0.3) is 0 Å². The number of para-hydroxylation sites is 1. The first kappa shape index (κ1) is 17.6. The van der Waals surface area contributed by atoms with E-state index >= 15 is 0 Å². The minimum atomic E-state index is -0.432. The Morgan fingerprint density at radius 2 is 1.71 bits per heavy atom. The van der Waals surface area contributed by atoms with Gasteiger partial charge in [0.05, 0.1) is 12.8 Å². The van der Waals surface area contributed by atoms with Crippen LogP contribution in [-0.2, 0) is 9.57 Å². The second-order valence-corrected chi connectivity index (χ2v) is 5.17. The Balaban J connectivity index is 2.60. The zero-order valence-electron chi connectivity index (χ0n) is 14.2. The minimum Gasteiger partial charge on any atom is -0.452 e. The molecule has 24 heavy (non-hydrogen) atoms. The van der Waals surface area contributed by atoms with Gasteiger partial charge in [-0.1, -0.05) is 42.5 Å². The molecule has 0 radical (unpaired) electrons. The van der Waals surface area contributed by atoms with Gasteiger partial charge in [-0.05, 0) is 31.5 Å². The molecule has 0 atom stereocenters. The summed E-state index contributed by atoms with van der Waals surface area (Å²) in [6.45, 7) is 4.28. The first-order valence-electron chi connectivity index (χ1n) is 7.71. The Kier molecular flexibility index (Phi) is 5.98. The third-order valence-corrected chi connectivity index (χ3v) is 3.82. The van der Waals surface area contributed by atoms with Gasteiger partial charge in [-0.3, -0.25) is 4.90 Å². The number of amides is 1. The lowest BCUT2D eigenvalue weighted by Crippen LogP contribution is -2.31. The van der Waals surface area contributed by atoms with Gasteiger partial charge in [0, 0.05) is 17.7 Å². The van der Waals surface area contributed by atoms with Crippen molar-refractivity contribution < 1.29 is 14.4 Å². The molecular weight excluding hydrogens is 304 g/mol. The summed E-state index contributed by atoms with van der Waals surface area (Å²) in [7, 11) is 1.36. The van der Waals surface area contributed by atoms with E-state index in [1.807, 2.05) is 68.4 Å². The monoisotopic (exact) mass is 326 g/mol. The molecule has 5 heteroatoms. The van der Waals surface area contributed by atoms with Crippen LogP contribution in [0, 0.1) is 0 Å². The maximum Gasteiger partial charge on any atom is 0.414 e. The van der Waals surface area contributed by atoms with Crippen molar-refractivity contribution in [1.82, 2.24) is 0 Å². The Bertz CT molecular complexity index is 726. The van der Waals surface area contributed by atoms with Crippen LogP contribution in [0.15, 0.2) is 54.6 Å². The first-order chi connectivity index (χ1) is 11.6. The lowest BCUT2D eigenvalue weighted by molar-refractivity contribution is 0.179. The molecule has 0 saturated heterocycles. The SMILES string of the molecule is CCN(C(=O)OC)c1ccccc1/C(ON)=C(/C)c1ccccc1. The number of anilines is 1. The van der Waals surface area contributed by atoms with Crippen molar-refractivity contribution in [2.75, 3.05) is 18.6 Å². The van der Waals surface area contributed by atoms with Crippen molar-refractivity contribution in [3.05, 3.63) is 65.7 Å². The molecule has 0 bridgehead atoms. The van der Waals surface area contributed by atoms with E-state index in [4.69, 9.17) is 15.5 Å². The van der Waals surface area contributed by atoms with Gasteiger partial charge in [-0.15, -0.1) is 0 Å². The molecule has 0 aliphatic heterocycles. The van der Waals surface area contributed by atoms with Crippen LogP contribution in [0.25, 0.3) is 11.3 Å². The normalized spacial score (nSPS) is 11.5. The van der Waals surface area contributed by atoms with Crippen LogP contribution in [0.2, 0.25) is 0 Å². The fraction of sp³-hybridized carbons (Fsp3) is 0.211. The third kappa shape index (κ3) is 3.58. The average molecular weight is 326 g/mol. The Morgan fingerprint density at radius 3 is 2.29 bits per heavy atom. The van der Waals surface area contributed by atoms with Gasteiger partial charge < -0.3 is 9.57 Å². The van der Waals surface area contributed by atoms with Crippen molar-refractivity contribution >= 4 is 23.1 Å². The minimum absolute atomic E-state index is 0.432. The van der Waals surface area contributed by atoms with Gasteiger partial charge in [-0.25, -0.2) is 4.79 Å². The molecule has 2 N–H and O–H groups in total. The highest BCUT2D eigenvalue weighted by Crippen LogP contribution is 2.32. The molecule has 5 nitrogen and oxygen atoms in total. The Labute approximate surface area is 142 Å². The maximum absolute atomic E-state index is 12.1. The largest absolute Gasteiger partial charge is 0.452 e. The quantitative estimate of drug-likeness (QED) is 0.511. The van der Waals surface area contributed by atoms with Gasteiger partial charge in [0.2, 0.25) is 0 Å². The molecule has 0 unspecified atom stereocenters. The summed E-state index contributed by atoms with van der Waals surface area (Å²) in [6, 6.07) is 17.3.